The Balaban J connectivity index is 2.62. The monoisotopic (exact) mass is 169 g/mol. The highest BCUT2D eigenvalue weighted by molar-refractivity contribution is 7.07. The Bertz CT molecular complexity index is 193. The molecule has 62 valence electrons. The first-order valence-electron chi connectivity index (χ1n) is 4.03. The molecular formula is C9H15NS. The van der Waals surface area contributed by atoms with Gasteiger partial charge in [-0.1, -0.05) is 20.3 Å². The molecule has 11 heavy (non-hydrogen) atoms. The van der Waals surface area contributed by atoms with E-state index in [1.54, 1.807) is 11.3 Å². The summed E-state index contributed by atoms with van der Waals surface area (Å²) in [5.41, 5.74) is 7.28. The molecule has 1 rings (SSSR count). The molecule has 2 atom stereocenters. The van der Waals surface area contributed by atoms with E-state index in [2.05, 4.69) is 30.7 Å². The predicted molar refractivity (Wildman–Crippen MR) is 50.7 cm³/mol. The Labute approximate surface area is 72.2 Å². The maximum absolute atomic E-state index is 6.00. The second-order valence-electron chi connectivity index (χ2n) is 2.97. The lowest BCUT2D eigenvalue weighted by Crippen LogP contribution is -2.17. The Morgan fingerprint density at radius 1 is 1.64 bits per heavy atom. The summed E-state index contributed by atoms with van der Waals surface area (Å²) < 4.78 is 0. The third-order valence-electron chi connectivity index (χ3n) is 2.19. The molecule has 0 amide bonds. The molecule has 0 saturated heterocycles. The van der Waals surface area contributed by atoms with Gasteiger partial charge in [0.25, 0.3) is 0 Å². The van der Waals surface area contributed by atoms with Crippen LogP contribution in [-0.2, 0) is 0 Å². The van der Waals surface area contributed by atoms with Gasteiger partial charge in [0.1, 0.15) is 0 Å². The standard InChI is InChI=1S/C9H15NS/c1-3-7(2)9(10)8-4-5-11-6-8/h4-7,9H,3,10H2,1-2H3. The molecule has 0 saturated carbocycles. The van der Waals surface area contributed by atoms with Crippen molar-refractivity contribution in [2.75, 3.05) is 0 Å². The lowest BCUT2D eigenvalue weighted by molar-refractivity contribution is 0.458. The van der Waals surface area contributed by atoms with Crippen LogP contribution in [0.15, 0.2) is 16.8 Å². The molecule has 1 aromatic heterocycles. The molecule has 0 aliphatic rings. The van der Waals surface area contributed by atoms with Gasteiger partial charge < -0.3 is 5.73 Å². The maximum Gasteiger partial charge on any atom is 0.0329 e. The van der Waals surface area contributed by atoms with E-state index in [1.807, 2.05) is 0 Å². The van der Waals surface area contributed by atoms with Crippen LogP contribution in [0.1, 0.15) is 31.9 Å². The maximum atomic E-state index is 6.00. The highest BCUT2D eigenvalue weighted by Gasteiger charge is 2.12. The van der Waals surface area contributed by atoms with Crippen LogP contribution in [0, 0.1) is 5.92 Å². The van der Waals surface area contributed by atoms with Crippen molar-refractivity contribution in [2.24, 2.45) is 11.7 Å². The number of rotatable bonds is 3. The molecule has 0 radical (unpaired) electrons. The summed E-state index contributed by atoms with van der Waals surface area (Å²) >= 11 is 1.72. The summed E-state index contributed by atoms with van der Waals surface area (Å²) in [7, 11) is 0. The second-order valence-corrected chi connectivity index (χ2v) is 3.75. The summed E-state index contributed by atoms with van der Waals surface area (Å²) in [5.74, 6) is 0.588. The third-order valence-corrected chi connectivity index (χ3v) is 2.89. The van der Waals surface area contributed by atoms with Crippen LogP contribution in [0.2, 0.25) is 0 Å². The average molecular weight is 169 g/mol. The van der Waals surface area contributed by atoms with Crippen LogP contribution in [0.3, 0.4) is 0 Å². The Morgan fingerprint density at radius 2 is 2.36 bits per heavy atom. The van der Waals surface area contributed by atoms with Crippen LogP contribution in [0.4, 0.5) is 0 Å². The molecule has 2 N–H and O–H groups in total. The van der Waals surface area contributed by atoms with E-state index in [1.165, 1.54) is 5.56 Å². The molecule has 2 heteroatoms. The van der Waals surface area contributed by atoms with Gasteiger partial charge in [0.05, 0.1) is 0 Å². The second kappa shape index (κ2) is 3.88. The van der Waals surface area contributed by atoms with Crippen molar-refractivity contribution >= 4 is 11.3 Å². The molecule has 0 spiro atoms. The zero-order chi connectivity index (χ0) is 8.27. The zero-order valence-electron chi connectivity index (χ0n) is 7.08. The van der Waals surface area contributed by atoms with Gasteiger partial charge in [-0.05, 0) is 28.3 Å². The lowest BCUT2D eigenvalue weighted by atomic mass is 9.95. The molecule has 1 heterocycles. The van der Waals surface area contributed by atoms with E-state index < -0.39 is 0 Å². The molecule has 0 aliphatic heterocycles. The van der Waals surface area contributed by atoms with Gasteiger partial charge in [0, 0.05) is 6.04 Å². The molecule has 0 aromatic carbocycles. The van der Waals surface area contributed by atoms with Crippen molar-refractivity contribution in [1.29, 1.82) is 0 Å². The SMILES string of the molecule is CCC(C)C(N)c1ccsc1. The van der Waals surface area contributed by atoms with Gasteiger partial charge in [-0.3, -0.25) is 0 Å². The van der Waals surface area contributed by atoms with E-state index in [9.17, 15) is 0 Å². The fraction of sp³-hybridized carbons (Fsp3) is 0.556. The predicted octanol–water partition coefficient (Wildman–Crippen LogP) is 2.79. The summed E-state index contributed by atoms with van der Waals surface area (Å²) in [4.78, 5) is 0. The third kappa shape index (κ3) is 2.04. The van der Waals surface area contributed by atoms with E-state index in [4.69, 9.17) is 5.73 Å². The summed E-state index contributed by atoms with van der Waals surface area (Å²) in [6, 6.07) is 2.34. The number of hydrogen-bond acceptors (Lipinski definition) is 2. The van der Waals surface area contributed by atoms with Crippen molar-refractivity contribution in [1.82, 2.24) is 0 Å². The lowest BCUT2D eigenvalue weighted by Gasteiger charge is -2.16. The topological polar surface area (TPSA) is 26.0 Å². The smallest absolute Gasteiger partial charge is 0.0329 e. The van der Waals surface area contributed by atoms with Crippen LogP contribution < -0.4 is 5.73 Å². The summed E-state index contributed by atoms with van der Waals surface area (Å²) in [6.45, 7) is 4.37. The van der Waals surface area contributed by atoms with Gasteiger partial charge in [-0.25, -0.2) is 0 Å². The van der Waals surface area contributed by atoms with Crippen molar-refractivity contribution in [2.45, 2.75) is 26.3 Å². The number of nitrogens with two attached hydrogens (primary N) is 1. The van der Waals surface area contributed by atoms with Gasteiger partial charge in [-0.2, -0.15) is 11.3 Å². The van der Waals surface area contributed by atoms with Gasteiger partial charge in [-0.15, -0.1) is 0 Å². The summed E-state index contributed by atoms with van der Waals surface area (Å²) in [5, 5.41) is 4.22. The van der Waals surface area contributed by atoms with Gasteiger partial charge in [0.15, 0.2) is 0 Å². The molecular weight excluding hydrogens is 154 g/mol. The van der Waals surface area contributed by atoms with Gasteiger partial charge in [0.2, 0.25) is 0 Å². The highest BCUT2D eigenvalue weighted by atomic mass is 32.1. The Kier molecular flexibility index (Phi) is 3.09. The average Bonchev–Trinajstić information content (AvgIpc) is 2.53. The Morgan fingerprint density at radius 3 is 2.82 bits per heavy atom. The first kappa shape index (κ1) is 8.75. The van der Waals surface area contributed by atoms with Crippen molar-refractivity contribution < 1.29 is 0 Å². The molecule has 0 aliphatic carbocycles. The first-order valence-corrected chi connectivity index (χ1v) is 4.97. The fourth-order valence-electron chi connectivity index (χ4n) is 1.05. The van der Waals surface area contributed by atoms with E-state index in [0.29, 0.717) is 5.92 Å². The largest absolute Gasteiger partial charge is 0.324 e. The van der Waals surface area contributed by atoms with Crippen LogP contribution >= 0.6 is 11.3 Å². The minimum Gasteiger partial charge on any atom is -0.324 e. The summed E-state index contributed by atoms with van der Waals surface area (Å²) in [6.07, 6.45) is 1.15. The normalized spacial score (nSPS) is 16.3. The molecule has 0 fully saturated rings. The quantitative estimate of drug-likeness (QED) is 0.739. The molecule has 2 unspecified atom stereocenters. The van der Waals surface area contributed by atoms with E-state index in [-0.39, 0.29) is 6.04 Å². The van der Waals surface area contributed by atoms with Crippen LogP contribution in [0.5, 0.6) is 0 Å². The molecule has 1 aromatic rings. The highest BCUT2D eigenvalue weighted by Crippen LogP contribution is 2.23. The van der Waals surface area contributed by atoms with Crippen molar-refractivity contribution in [3.05, 3.63) is 22.4 Å². The molecule has 1 nitrogen and oxygen atoms in total. The minimum atomic E-state index is 0.228. The van der Waals surface area contributed by atoms with Crippen LogP contribution in [-0.4, -0.2) is 0 Å². The number of thiophene rings is 1. The van der Waals surface area contributed by atoms with Gasteiger partial charge >= 0.3 is 0 Å². The van der Waals surface area contributed by atoms with E-state index in [0.717, 1.165) is 6.42 Å². The number of hydrogen-bond donors (Lipinski definition) is 1. The minimum absolute atomic E-state index is 0.228. The van der Waals surface area contributed by atoms with Crippen molar-refractivity contribution in [3.63, 3.8) is 0 Å². The fourth-order valence-corrected chi connectivity index (χ4v) is 1.75. The Hall–Kier alpha value is -0.340. The zero-order valence-corrected chi connectivity index (χ0v) is 7.90. The first-order chi connectivity index (χ1) is 5.25. The van der Waals surface area contributed by atoms with E-state index >= 15 is 0 Å². The van der Waals surface area contributed by atoms with Crippen molar-refractivity contribution in [3.8, 4) is 0 Å². The molecule has 0 bridgehead atoms. The van der Waals surface area contributed by atoms with Crippen LogP contribution in [0.25, 0.3) is 0 Å².